The highest BCUT2D eigenvalue weighted by atomic mass is 16.4. The molecule has 2 aromatic heterocycles. The summed E-state index contributed by atoms with van der Waals surface area (Å²) in [7, 11) is 2.91. The molecule has 0 saturated heterocycles. The second kappa shape index (κ2) is 5.47. The number of rotatable bonds is 3. The van der Waals surface area contributed by atoms with Gasteiger partial charge in [0.2, 0.25) is 11.6 Å². The molecule has 0 atom stereocenters. The average Bonchev–Trinajstić information content (AvgIpc) is 2.90. The molecule has 2 heterocycles. The maximum atomic E-state index is 12.3. The molecule has 0 amide bonds. The third kappa shape index (κ3) is 2.17. The van der Waals surface area contributed by atoms with Crippen LogP contribution in [0.4, 0.5) is 5.88 Å². The van der Waals surface area contributed by atoms with E-state index in [-0.39, 0.29) is 28.6 Å². The summed E-state index contributed by atoms with van der Waals surface area (Å²) in [5.74, 6) is 0.287. The third-order valence-electron chi connectivity index (χ3n) is 4.38. The molecule has 2 aromatic rings. The van der Waals surface area contributed by atoms with E-state index in [9.17, 15) is 14.4 Å². The van der Waals surface area contributed by atoms with Crippen LogP contribution in [0.3, 0.4) is 0 Å². The quantitative estimate of drug-likeness (QED) is 0.866. The number of nitrogens with zero attached hydrogens (tertiary/aromatic N) is 2. The van der Waals surface area contributed by atoms with Gasteiger partial charge < -0.3 is 9.73 Å². The van der Waals surface area contributed by atoms with Gasteiger partial charge in [-0.3, -0.25) is 18.7 Å². The van der Waals surface area contributed by atoms with E-state index in [1.165, 1.54) is 25.1 Å². The van der Waals surface area contributed by atoms with Gasteiger partial charge in [0.1, 0.15) is 5.39 Å². The van der Waals surface area contributed by atoms with Crippen molar-refractivity contribution in [1.82, 2.24) is 9.13 Å². The van der Waals surface area contributed by atoms with E-state index < -0.39 is 11.2 Å². The molecule has 0 radical (unpaired) electrons. The largest absolute Gasteiger partial charge is 0.423 e. The summed E-state index contributed by atoms with van der Waals surface area (Å²) in [6.07, 6.45) is 6.11. The molecule has 0 aromatic carbocycles. The van der Waals surface area contributed by atoms with Crippen LogP contribution in [0, 0.1) is 0 Å². The first-order valence-corrected chi connectivity index (χ1v) is 7.48. The van der Waals surface area contributed by atoms with Gasteiger partial charge in [0.05, 0.1) is 5.56 Å². The summed E-state index contributed by atoms with van der Waals surface area (Å²) < 4.78 is 7.87. The fraction of sp³-hybridized carbons (Fsp3) is 0.533. The van der Waals surface area contributed by atoms with Gasteiger partial charge in [-0.05, 0) is 12.8 Å². The van der Waals surface area contributed by atoms with Crippen molar-refractivity contribution in [2.24, 2.45) is 14.1 Å². The van der Waals surface area contributed by atoms with Crippen molar-refractivity contribution in [3.8, 4) is 0 Å². The van der Waals surface area contributed by atoms with E-state index in [4.69, 9.17) is 4.42 Å². The number of carbonyl (C=O) groups excluding carboxylic acids is 1. The summed E-state index contributed by atoms with van der Waals surface area (Å²) >= 11 is 0. The van der Waals surface area contributed by atoms with Crippen LogP contribution >= 0.6 is 0 Å². The first-order valence-electron chi connectivity index (χ1n) is 7.48. The Bertz CT molecular complexity index is 837. The second-order valence-corrected chi connectivity index (χ2v) is 5.83. The van der Waals surface area contributed by atoms with Gasteiger partial charge in [-0.1, -0.05) is 19.3 Å². The number of aromatic nitrogens is 2. The topological polar surface area (TPSA) is 86.2 Å². The molecule has 3 rings (SSSR count). The average molecular weight is 305 g/mol. The van der Waals surface area contributed by atoms with Crippen LogP contribution in [0.2, 0.25) is 0 Å². The smallest absolute Gasteiger partial charge is 0.333 e. The molecule has 0 spiro atoms. The molecule has 0 bridgehead atoms. The fourth-order valence-electron chi connectivity index (χ4n) is 3.09. The van der Waals surface area contributed by atoms with Crippen LogP contribution in [0.25, 0.3) is 11.1 Å². The van der Waals surface area contributed by atoms with Crippen LogP contribution in [0.5, 0.6) is 0 Å². The highest BCUT2D eigenvalue weighted by molar-refractivity contribution is 5.99. The minimum atomic E-state index is -0.513. The highest BCUT2D eigenvalue weighted by Gasteiger charge is 2.23. The summed E-state index contributed by atoms with van der Waals surface area (Å²) in [5.41, 5.74) is -0.668. The van der Waals surface area contributed by atoms with Crippen LogP contribution in [0.1, 0.15) is 42.5 Å². The van der Waals surface area contributed by atoms with E-state index in [0.29, 0.717) is 6.29 Å². The number of hydrogen-bond acceptors (Lipinski definition) is 5. The van der Waals surface area contributed by atoms with Crippen molar-refractivity contribution in [3.63, 3.8) is 0 Å². The molecule has 1 aliphatic rings. The first-order chi connectivity index (χ1) is 10.5. The Morgan fingerprint density at radius 2 is 1.82 bits per heavy atom. The molecule has 0 aliphatic heterocycles. The van der Waals surface area contributed by atoms with Gasteiger partial charge >= 0.3 is 5.69 Å². The maximum absolute atomic E-state index is 12.3. The predicted molar refractivity (Wildman–Crippen MR) is 82.6 cm³/mol. The summed E-state index contributed by atoms with van der Waals surface area (Å²) in [4.78, 5) is 35.7. The van der Waals surface area contributed by atoms with Crippen LogP contribution in [-0.2, 0) is 14.1 Å². The summed E-state index contributed by atoms with van der Waals surface area (Å²) in [5, 5.41) is 3.37. The van der Waals surface area contributed by atoms with Crippen molar-refractivity contribution in [2.75, 3.05) is 5.32 Å². The van der Waals surface area contributed by atoms with E-state index >= 15 is 0 Å². The monoisotopic (exact) mass is 305 g/mol. The Balaban J connectivity index is 2.17. The lowest BCUT2D eigenvalue weighted by molar-refractivity contribution is 0.112. The fourth-order valence-corrected chi connectivity index (χ4v) is 3.09. The zero-order valence-corrected chi connectivity index (χ0v) is 12.7. The van der Waals surface area contributed by atoms with E-state index in [2.05, 4.69) is 5.32 Å². The normalized spacial score (nSPS) is 16.1. The van der Waals surface area contributed by atoms with E-state index in [0.717, 1.165) is 30.3 Å². The summed E-state index contributed by atoms with van der Waals surface area (Å²) in [6, 6.07) is 0.230. The van der Waals surface area contributed by atoms with Crippen molar-refractivity contribution in [1.29, 1.82) is 0 Å². The standard InChI is InChI=1S/C15H19N3O4/c1-17-13(20)11-10(8-19)12(16-9-6-4-3-5-7-9)22-14(11)18(2)15(17)21/h8-9,16H,3-7H2,1-2H3. The van der Waals surface area contributed by atoms with Gasteiger partial charge in [0, 0.05) is 20.1 Å². The van der Waals surface area contributed by atoms with Crippen molar-refractivity contribution < 1.29 is 9.21 Å². The Hall–Kier alpha value is -2.31. The number of carbonyl (C=O) groups is 1. The lowest BCUT2D eigenvalue weighted by Gasteiger charge is -2.22. The van der Waals surface area contributed by atoms with Crippen LogP contribution in [-0.4, -0.2) is 21.5 Å². The second-order valence-electron chi connectivity index (χ2n) is 5.83. The molecule has 22 heavy (non-hydrogen) atoms. The number of aryl methyl sites for hydroxylation is 1. The molecular weight excluding hydrogens is 286 g/mol. The van der Waals surface area contributed by atoms with Gasteiger partial charge in [-0.15, -0.1) is 0 Å². The van der Waals surface area contributed by atoms with E-state index in [1.54, 1.807) is 0 Å². The summed E-state index contributed by atoms with van der Waals surface area (Å²) in [6.45, 7) is 0. The molecule has 1 aliphatic carbocycles. The van der Waals surface area contributed by atoms with Crippen molar-refractivity contribution in [3.05, 3.63) is 26.4 Å². The van der Waals surface area contributed by atoms with Crippen molar-refractivity contribution >= 4 is 23.3 Å². The molecule has 0 unspecified atom stereocenters. The number of aldehydes is 1. The number of furan rings is 1. The van der Waals surface area contributed by atoms with Crippen molar-refractivity contribution in [2.45, 2.75) is 38.1 Å². The minimum Gasteiger partial charge on any atom is -0.423 e. The number of hydrogen-bond donors (Lipinski definition) is 1. The van der Waals surface area contributed by atoms with Gasteiger partial charge in [-0.2, -0.15) is 0 Å². The Morgan fingerprint density at radius 1 is 1.14 bits per heavy atom. The zero-order valence-electron chi connectivity index (χ0n) is 12.7. The zero-order chi connectivity index (χ0) is 15.9. The Labute approximate surface area is 126 Å². The minimum absolute atomic E-state index is 0.133. The van der Waals surface area contributed by atoms with Gasteiger partial charge in [0.25, 0.3) is 5.56 Å². The van der Waals surface area contributed by atoms with Crippen LogP contribution < -0.4 is 16.6 Å². The SMILES string of the molecule is Cn1c(=O)c2c(C=O)c(NC3CCCCC3)oc2n(C)c1=O. The highest BCUT2D eigenvalue weighted by Crippen LogP contribution is 2.28. The molecule has 1 fully saturated rings. The lowest BCUT2D eigenvalue weighted by Crippen LogP contribution is -2.36. The first kappa shape index (κ1) is 14.6. The van der Waals surface area contributed by atoms with Gasteiger partial charge in [0.15, 0.2) is 6.29 Å². The predicted octanol–water partition coefficient (Wildman–Crippen LogP) is 1.39. The van der Waals surface area contributed by atoms with Gasteiger partial charge in [-0.25, -0.2) is 4.79 Å². The number of anilines is 1. The molecule has 7 nitrogen and oxygen atoms in total. The number of nitrogens with one attached hydrogen (secondary N) is 1. The molecule has 1 N–H and O–H groups in total. The molecule has 118 valence electrons. The Morgan fingerprint density at radius 3 is 2.45 bits per heavy atom. The molecule has 1 saturated carbocycles. The Kier molecular flexibility index (Phi) is 3.64. The molecular formula is C15H19N3O4. The maximum Gasteiger partial charge on any atom is 0.333 e. The number of fused-ring (bicyclic) bond motifs is 1. The lowest BCUT2D eigenvalue weighted by atomic mass is 9.95. The van der Waals surface area contributed by atoms with Crippen LogP contribution in [0.15, 0.2) is 14.0 Å². The van der Waals surface area contributed by atoms with E-state index in [1.807, 2.05) is 0 Å². The molecule has 7 heteroatoms. The third-order valence-corrected chi connectivity index (χ3v) is 4.38.